The van der Waals surface area contributed by atoms with Gasteiger partial charge in [0.1, 0.15) is 4.99 Å². The fourth-order valence-electron chi connectivity index (χ4n) is 1.36. The quantitative estimate of drug-likeness (QED) is 0.623. The van der Waals surface area contributed by atoms with Gasteiger partial charge in [-0.1, -0.05) is 36.5 Å². The van der Waals surface area contributed by atoms with Crippen LogP contribution < -0.4 is 16.8 Å². The number of hydrogen-bond acceptors (Lipinski definition) is 3. The van der Waals surface area contributed by atoms with Gasteiger partial charge in [-0.3, -0.25) is 9.59 Å². The van der Waals surface area contributed by atoms with Crippen LogP contribution in [-0.4, -0.2) is 23.3 Å². The lowest BCUT2D eigenvalue weighted by Crippen LogP contribution is -2.29. The van der Waals surface area contributed by atoms with E-state index in [1.165, 1.54) is 0 Å². The van der Waals surface area contributed by atoms with E-state index in [0.29, 0.717) is 4.99 Å². The smallest absolute Gasteiger partial charge is 0.224 e. The number of carbonyl (C=O) groups is 2. The second-order valence-electron chi connectivity index (χ2n) is 3.80. The molecule has 96 valence electrons. The van der Waals surface area contributed by atoms with Crippen LogP contribution in [0.5, 0.6) is 0 Å². The standard InChI is InChI=1S/C12H15N3O2S/c13-10(16)5-6-15-11(17)7-8-1-3-9(4-2-8)12(14)18/h1-4H,5-7H2,(H2,13,16)(H2,14,18)(H,15,17). The Morgan fingerprint density at radius 2 is 1.78 bits per heavy atom. The van der Waals surface area contributed by atoms with Crippen LogP contribution in [0.4, 0.5) is 0 Å². The maximum Gasteiger partial charge on any atom is 0.224 e. The zero-order valence-electron chi connectivity index (χ0n) is 9.81. The van der Waals surface area contributed by atoms with Crippen molar-refractivity contribution in [3.63, 3.8) is 0 Å². The molecule has 0 fully saturated rings. The lowest BCUT2D eigenvalue weighted by Gasteiger charge is -2.05. The summed E-state index contributed by atoms with van der Waals surface area (Å²) >= 11 is 4.83. The second kappa shape index (κ2) is 6.70. The van der Waals surface area contributed by atoms with Crippen molar-refractivity contribution in [1.29, 1.82) is 0 Å². The van der Waals surface area contributed by atoms with Crippen LogP contribution in [-0.2, 0) is 16.0 Å². The van der Waals surface area contributed by atoms with Crippen molar-refractivity contribution in [2.75, 3.05) is 6.54 Å². The Bertz CT molecular complexity index is 457. The van der Waals surface area contributed by atoms with Gasteiger partial charge in [-0.15, -0.1) is 0 Å². The molecule has 1 rings (SSSR count). The normalized spacial score (nSPS) is 9.78. The summed E-state index contributed by atoms with van der Waals surface area (Å²) in [6.07, 6.45) is 0.391. The number of rotatable bonds is 6. The van der Waals surface area contributed by atoms with Gasteiger partial charge in [-0.05, 0) is 5.56 Å². The van der Waals surface area contributed by atoms with E-state index in [9.17, 15) is 9.59 Å². The highest BCUT2D eigenvalue weighted by Gasteiger charge is 2.04. The highest BCUT2D eigenvalue weighted by atomic mass is 32.1. The molecule has 5 nitrogen and oxygen atoms in total. The van der Waals surface area contributed by atoms with Gasteiger partial charge >= 0.3 is 0 Å². The summed E-state index contributed by atoms with van der Waals surface area (Å²) in [5.74, 6) is -0.588. The number of benzene rings is 1. The van der Waals surface area contributed by atoms with Crippen molar-refractivity contribution < 1.29 is 9.59 Å². The minimum atomic E-state index is -0.434. The first-order valence-electron chi connectivity index (χ1n) is 5.43. The molecule has 1 aromatic carbocycles. The van der Waals surface area contributed by atoms with Gasteiger partial charge < -0.3 is 16.8 Å². The third-order valence-corrected chi connectivity index (χ3v) is 2.53. The third-order valence-electron chi connectivity index (χ3n) is 2.30. The molecule has 0 spiro atoms. The lowest BCUT2D eigenvalue weighted by atomic mass is 10.1. The molecule has 0 saturated heterocycles. The molecule has 1 aromatic rings. The first kappa shape index (κ1) is 14.1. The first-order valence-corrected chi connectivity index (χ1v) is 5.83. The van der Waals surface area contributed by atoms with Crippen molar-refractivity contribution in [2.24, 2.45) is 11.5 Å². The maximum atomic E-state index is 11.5. The summed E-state index contributed by atoms with van der Waals surface area (Å²) in [5.41, 5.74) is 12.0. The van der Waals surface area contributed by atoms with Gasteiger partial charge in [-0.2, -0.15) is 0 Å². The Morgan fingerprint density at radius 1 is 1.17 bits per heavy atom. The zero-order chi connectivity index (χ0) is 13.5. The molecule has 0 aromatic heterocycles. The number of primary amides is 1. The fourth-order valence-corrected chi connectivity index (χ4v) is 1.50. The molecule has 0 unspecified atom stereocenters. The van der Waals surface area contributed by atoms with Crippen LogP contribution in [0.1, 0.15) is 17.5 Å². The lowest BCUT2D eigenvalue weighted by molar-refractivity contribution is -0.120. The van der Waals surface area contributed by atoms with E-state index in [4.69, 9.17) is 23.7 Å². The molecule has 0 bridgehead atoms. The van der Waals surface area contributed by atoms with E-state index in [-0.39, 0.29) is 25.3 Å². The molecule has 6 heteroatoms. The van der Waals surface area contributed by atoms with Crippen LogP contribution in [0.2, 0.25) is 0 Å². The fraction of sp³-hybridized carbons (Fsp3) is 0.250. The van der Waals surface area contributed by atoms with E-state index in [1.807, 2.05) is 0 Å². The second-order valence-corrected chi connectivity index (χ2v) is 4.24. The van der Waals surface area contributed by atoms with Crippen LogP contribution >= 0.6 is 12.2 Å². The summed E-state index contributed by atoms with van der Waals surface area (Å²) < 4.78 is 0. The number of nitrogens with two attached hydrogens (primary N) is 2. The van der Waals surface area contributed by atoms with E-state index >= 15 is 0 Å². The molecule has 0 radical (unpaired) electrons. The maximum absolute atomic E-state index is 11.5. The molecule has 0 aliphatic heterocycles. The number of amides is 2. The molecule has 0 aliphatic carbocycles. The Hall–Kier alpha value is -1.95. The van der Waals surface area contributed by atoms with Gasteiger partial charge in [0.25, 0.3) is 0 Å². The molecule has 5 N–H and O–H groups in total. The van der Waals surface area contributed by atoms with Crippen molar-refractivity contribution >= 4 is 29.0 Å². The summed E-state index contributed by atoms with van der Waals surface area (Å²) in [6, 6.07) is 7.13. The van der Waals surface area contributed by atoms with Gasteiger partial charge in [0.05, 0.1) is 6.42 Å². The van der Waals surface area contributed by atoms with E-state index in [1.54, 1.807) is 24.3 Å². The van der Waals surface area contributed by atoms with Crippen molar-refractivity contribution in [3.05, 3.63) is 35.4 Å². The van der Waals surface area contributed by atoms with Crippen LogP contribution in [0.3, 0.4) is 0 Å². The van der Waals surface area contributed by atoms with Crippen molar-refractivity contribution in [3.8, 4) is 0 Å². The summed E-state index contributed by atoms with van der Waals surface area (Å²) in [5, 5.41) is 2.61. The van der Waals surface area contributed by atoms with Gasteiger partial charge in [0.15, 0.2) is 0 Å². The van der Waals surface area contributed by atoms with Gasteiger partial charge in [0, 0.05) is 18.5 Å². The largest absolute Gasteiger partial charge is 0.389 e. The molecule has 2 amide bonds. The molecular formula is C12H15N3O2S. The number of carbonyl (C=O) groups excluding carboxylic acids is 2. The highest BCUT2D eigenvalue weighted by Crippen LogP contribution is 2.05. The first-order chi connectivity index (χ1) is 8.49. The third kappa shape index (κ3) is 4.92. The predicted octanol–water partition coefficient (Wildman–Crippen LogP) is -0.145. The topological polar surface area (TPSA) is 98.2 Å². The molecule has 0 heterocycles. The highest BCUT2D eigenvalue weighted by molar-refractivity contribution is 7.80. The number of thiocarbonyl (C=S) groups is 1. The van der Waals surface area contributed by atoms with Crippen LogP contribution in [0.25, 0.3) is 0 Å². The SMILES string of the molecule is NC(=O)CCNC(=O)Cc1ccc(C(N)=S)cc1. The van der Waals surface area contributed by atoms with E-state index in [0.717, 1.165) is 11.1 Å². The predicted molar refractivity (Wildman–Crippen MR) is 72.9 cm³/mol. The average molecular weight is 265 g/mol. The summed E-state index contributed by atoms with van der Waals surface area (Å²) in [7, 11) is 0. The Morgan fingerprint density at radius 3 is 2.28 bits per heavy atom. The van der Waals surface area contributed by atoms with Gasteiger partial charge in [-0.25, -0.2) is 0 Å². The molecule has 0 saturated carbocycles. The van der Waals surface area contributed by atoms with E-state index in [2.05, 4.69) is 5.32 Å². The minimum Gasteiger partial charge on any atom is -0.389 e. The number of hydrogen-bond donors (Lipinski definition) is 3. The van der Waals surface area contributed by atoms with Crippen LogP contribution in [0.15, 0.2) is 24.3 Å². The summed E-state index contributed by atoms with van der Waals surface area (Å²) in [6.45, 7) is 0.263. The molecule has 0 aliphatic rings. The van der Waals surface area contributed by atoms with E-state index < -0.39 is 5.91 Å². The minimum absolute atomic E-state index is 0.145. The summed E-state index contributed by atoms with van der Waals surface area (Å²) in [4.78, 5) is 22.3. The monoisotopic (exact) mass is 265 g/mol. The Balaban J connectivity index is 2.44. The van der Waals surface area contributed by atoms with Crippen molar-refractivity contribution in [1.82, 2.24) is 5.32 Å². The Labute approximate surface area is 111 Å². The molecular weight excluding hydrogens is 250 g/mol. The average Bonchev–Trinajstić information content (AvgIpc) is 2.29. The zero-order valence-corrected chi connectivity index (χ0v) is 10.6. The molecule has 18 heavy (non-hydrogen) atoms. The van der Waals surface area contributed by atoms with Crippen LogP contribution in [0, 0.1) is 0 Å². The number of nitrogens with one attached hydrogen (secondary N) is 1. The molecule has 0 atom stereocenters. The Kier molecular flexibility index (Phi) is 5.26. The van der Waals surface area contributed by atoms with Gasteiger partial charge in [0.2, 0.25) is 11.8 Å². The van der Waals surface area contributed by atoms with Crippen molar-refractivity contribution in [2.45, 2.75) is 12.8 Å².